The van der Waals surface area contributed by atoms with E-state index in [0.29, 0.717) is 16.7 Å². The highest BCUT2D eigenvalue weighted by Gasteiger charge is 2.58. The van der Waals surface area contributed by atoms with Crippen LogP contribution in [0.4, 0.5) is 0 Å². The van der Waals surface area contributed by atoms with Crippen LogP contribution in [0, 0.1) is 52.3 Å². The van der Waals surface area contributed by atoms with Crippen molar-refractivity contribution in [1.29, 1.82) is 0 Å². The lowest BCUT2D eigenvalue weighted by molar-refractivity contribution is -0.0540. The number of fused-ring (bicyclic) bond motifs is 5. The Balaban J connectivity index is 1.52. The van der Waals surface area contributed by atoms with E-state index in [9.17, 15) is 5.11 Å². The molecule has 9 atom stereocenters. The summed E-state index contributed by atoms with van der Waals surface area (Å²) in [5.41, 5.74) is 2.51. The molecule has 3 fully saturated rings. The van der Waals surface area contributed by atoms with Crippen molar-refractivity contribution in [2.45, 2.75) is 105 Å². The largest absolute Gasteiger partial charge is 0.393 e. The van der Waals surface area contributed by atoms with E-state index in [4.69, 9.17) is 0 Å². The fourth-order valence-electron chi connectivity index (χ4n) is 8.83. The summed E-state index contributed by atoms with van der Waals surface area (Å²) in [6, 6.07) is 0. The van der Waals surface area contributed by atoms with Gasteiger partial charge in [0.15, 0.2) is 0 Å². The maximum Gasteiger partial charge on any atom is 0.0577 e. The van der Waals surface area contributed by atoms with Gasteiger partial charge in [0.25, 0.3) is 0 Å². The van der Waals surface area contributed by atoms with E-state index in [2.05, 4.69) is 59.8 Å². The molecule has 4 aliphatic carbocycles. The van der Waals surface area contributed by atoms with Crippen molar-refractivity contribution in [3.8, 4) is 0 Å². The first-order valence-electron chi connectivity index (χ1n) is 13.3. The summed E-state index contributed by atoms with van der Waals surface area (Å²) < 4.78 is 0. The molecule has 0 aromatic rings. The number of hydrogen-bond acceptors (Lipinski definition) is 1. The summed E-state index contributed by atoms with van der Waals surface area (Å²) in [5.74, 6) is 5.70. The normalized spacial score (nSPS) is 45.6. The minimum absolute atomic E-state index is 0.0870. The molecule has 1 nitrogen and oxygen atoms in total. The van der Waals surface area contributed by atoms with Crippen molar-refractivity contribution in [1.82, 2.24) is 0 Å². The van der Waals surface area contributed by atoms with Crippen molar-refractivity contribution in [2.24, 2.45) is 52.3 Å². The van der Waals surface area contributed by atoms with Crippen molar-refractivity contribution >= 4 is 0 Å². The predicted molar refractivity (Wildman–Crippen MR) is 128 cm³/mol. The van der Waals surface area contributed by atoms with E-state index >= 15 is 0 Å². The summed E-state index contributed by atoms with van der Waals surface area (Å²) in [7, 11) is 0. The molecule has 30 heavy (non-hydrogen) atoms. The number of aliphatic hydroxyl groups is 1. The average molecular weight is 413 g/mol. The Labute approximate surface area is 186 Å². The van der Waals surface area contributed by atoms with Crippen LogP contribution in [-0.4, -0.2) is 11.2 Å². The summed E-state index contributed by atoms with van der Waals surface area (Å²) >= 11 is 0. The molecule has 1 heteroatoms. The Morgan fingerprint density at radius 1 is 1.03 bits per heavy atom. The van der Waals surface area contributed by atoms with Crippen molar-refractivity contribution in [3.63, 3.8) is 0 Å². The molecule has 0 aliphatic heterocycles. The molecular formula is C29H48O. The van der Waals surface area contributed by atoms with Gasteiger partial charge in [-0.25, -0.2) is 0 Å². The zero-order chi connectivity index (χ0) is 21.7. The second-order valence-corrected chi connectivity index (χ2v) is 12.4. The van der Waals surface area contributed by atoms with Gasteiger partial charge in [-0.15, -0.1) is 0 Å². The molecule has 0 saturated heterocycles. The predicted octanol–water partition coefficient (Wildman–Crippen LogP) is 7.80. The third-order valence-corrected chi connectivity index (χ3v) is 10.8. The minimum Gasteiger partial charge on any atom is -0.393 e. The van der Waals surface area contributed by atoms with Crippen LogP contribution < -0.4 is 0 Å². The van der Waals surface area contributed by atoms with Gasteiger partial charge in [0.2, 0.25) is 0 Å². The second-order valence-electron chi connectivity index (χ2n) is 12.4. The molecule has 0 unspecified atom stereocenters. The van der Waals surface area contributed by atoms with E-state index in [1.165, 1.54) is 44.9 Å². The molecule has 0 aromatic heterocycles. The van der Waals surface area contributed by atoms with E-state index in [0.717, 1.165) is 48.3 Å². The number of allylic oxidation sites excluding steroid dienone is 3. The SMILES string of the molecule is CC[C@@H](/C=C/[C@@H](C)[C@H]1CC[C@@H]2[C@@H]3CC=C4C[C@@H](O)CC[C@]4(C)[C@H]3CC[C@@]21C)C(C)C. The minimum atomic E-state index is -0.0870. The quantitative estimate of drug-likeness (QED) is 0.457. The highest BCUT2D eigenvalue weighted by molar-refractivity contribution is 5.25. The highest BCUT2D eigenvalue weighted by Crippen LogP contribution is 2.67. The number of aliphatic hydroxyl groups excluding tert-OH is 1. The Morgan fingerprint density at radius 3 is 2.50 bits per heavy atom. The molecular weight excluding hydrogens is 364 g/mol. The number of rotatable bonds is 5. The van der Waals surface area contributed by atoms with Gasteiger partial charge in [0.05, 0.1) is 6.10 Å². The molecule has 4 aliphatic rings. The molecule has 4 rings (SSSR count). The summed E-state index contributed by atoms with van der Waals surface area (Å²) in [4.78, 5) is 0. The van der Waals surface area contributed by atoms with Crippen molar-refractivity contribution in [2.75, 3.05) is 0 Å². The van der Waals surface area contributed by atoms with Crippen LogP contribution in [0.2, 0.25) is 0 Å². The van der Waals surface area contributed by atoms with E-state index in [1.54, 1.807) is 5.57 Å². The molecule has 3 saturated carbocycles. The van der Waals surface area contributed by atoms with Gasteiger partial charge in [-0.2, -0.15) is 0 Å². The third kappa shape index (κ3) is 3.66. The maximum absolute atomic E-state index is 10.2. The molecule has 0 heterocycles. The molecule has 1 N–H and O–H groups in total. The van der Waals surface area contributed by atoms with Crippen LogP contribution in [0.5, 0.6) is 0 Å². The first kappa shape index (κ1) is 22.6. The van der Waals surface area contributed by atoms with Crippen LogP contribution >= 0.6 is 0 Å². The summed E-state index contributed by atoms with van der Waals surface area (Å²) in [6.45, 7) is 14.8. The monoisotopic (exact) mass is 412 g/mol. The van der Waals surface area contributed by atoms with Crippen molar-refractivity contribution in [3.05, 3.63) is 23.8 Å². The smallest absolute Gasteiger partial charge is 0.0577 e. The zero-order valence-electron chi connectivity index (χ0n) is 20.7. The first-order chi connectivity index (χ1) is 14.2. The van der Waals surface area contributed by atoms with Crippen LogP contribution in [0.25, 0.3) is 0 Å². The van der Waals surface area contributed by atoms with Gasteiger partial charge in [-0.3, -0.25) is 0 Å². The average Bonchev–Trinajstić information content (AvgIpc) is 3.06. The summed E-state index contributed by atoms with van der Waals surface area (Å²) in [6.07, 6.45) is 19.1. The van der Waals surface area contributed by atoms with Gasteiger partial charge >= 0.3 is 0 Å². The topological polar surface area (TPSA) is 20.2 Å². The lowest BCUT2D eigenvalue weighted by Crippen LogP contribution is -2.50. The fraction of sp³-hybridized carbons (Fsp3) is 0.862. The molecule has 0 amide bonds. The Morgan fingerprint density at radius 2 is 1.80 bits per heavy atom. The van der Waals surface area contributed by atoms with Gasteiger partial charge in [-0.05, 0) is 110 Å². The van der Waals surface area contributed by atoms with Crippen LogP contribution in [0.15, 0.2) is 23.8 Å². The Bertz CT molecular complexity index is 674. The molecule has 0 radical (unpaired) electrons. The molecule has 0 aromatic carbocycles. The maximum atomic E-state index is 10.2. The van der Waals surface area contributed by atoms with E-state index < -0.39 is 0 Å². The van der Waals surface area contributed by atoms with Crippen LogP contribution in [0.3, 0.4) is 0 Å². The zero-order valence-corrected chi connectivity index (χ0v) is 20.7. The Hall–Kier alpha value is -0.560. The van der Waals surface area contributed by atoms with Gasteiger partial charge in [0.1, 0.15) is 0 Å². The molecule has 170 valence electrons. The molecule has 0 bridgehead atoms. The summed E-state index contributed by atoms with van der Waals surface area (Å²) in [5, 5.41) is 10.2. The lowest BCUT2D eigenvalue weighted by atomic mass is 9.47. The standard InChI is InChI=1S/C29H48O/c1-7-21(19(2)3)9-8-20(4)25-12-13-26-24-11-10-22-18-23(30)14-16-28(22,5)27(24)15-17-29(25,26)6/h8-10,19-21,23-27,30H,7,11-18H2,1-6H3/b9-8+/t20-,21+,23+,24+,25-,26-,27+,28+,29-/m1/s1. The Kier molecular flexibility index (Phi) is 6.35. The lowest BCUT2D eigenvalue weighted by Gasteiger charge is -2.58. The van der Waals surface area contributed by atoms with Crippen LogP contribution in [-0.2, 0) is 0 Å². The van der Waals surface area contributed by atoms with E-state index in [1.807, 2.05) is 0 Å². The third-order valence-electron chi connectivity index (χ3n) is 10.8. The van der Waals surface area contributed by atoms with Gasteiger partial charge in [-0.1, -0.05) is 65.3 Å². The van der Waals surface area contributed by atoms with Gasteiger partial charge in [0, 0.05) is 0 Å². The number of hydrogen-bond donors (Lipinski definition) is 1. The van der Waals surface area contributed by atoms with Crippen molar-refractivity contribution < 1.29 is 5.11 Å². The van der Waals surface area contributed by atoms with Crippen LogP contribution in [0.1, 0.15) is 99.3 Å². The highest BCUT2D eigenvalue weighted by atomic mass is 16.3. The first-order valence-corrected chi connectivity index (χ1v) is 13.3. The molecule has 0 spiro atoms. The second kappa shape index (κ2) is 8.42. The fourth-order valence-corrected chi connectivity index (χ4v) is 8.83. The van der Waals surface area contributed by atoms with E-state index in [-0.39, 0.29) is 6.10 Å². The van der Waals surface area contributed by atoms with Gasteiger partial charge < -0.3 is 5.11 Å².